The smallest absolute Gasteiger partial charge is 0.335 e. The number of fused-ring (bicyclic) bond motifs is 2. The van der Waals surface area contributed by atoms with Crippen LogP contribution in [0.2, 0.25) is 0 Å². The minimum Gasteiger partial charge on any atom is -0.488 e. The molecule has 2 aromatic rings. The van der Waals surface area contributed by atoms with Crippen LogP contribution >= 0.6 is 0 Å². The number of benzene rings is 2. The van der Waals surface area contributed by atoms with Gasteiger partial charge in [-0.05, 0) is 54.9 Å². The fourth-order valence-electron chi connectivity index (χ4n) is 3.07. The van der Waals surface area contributed by atoms with Gasteiger partial charge in [0.15, 0.2) is 0 Å². The SMILES string of the molecule is C=C(C(=O)O)c1ccc2c(c1)/C(=C\CCN(C)C)c1ccccc1CO2. The molecule has 4 nitrogen and oxygen atoms in total. The zero-order chi connectivity index (χ0) is 18.7. The monoisotopic (exact) mass is 349 g/mol. The maximum Gasteiger partial charge on any atom is 0.335 e. The molecule has 0 amide bonds. The molecule has 0 bridgehead atoms. The van der Waals surface area contributed by atoms with Crippen LogP contribution < -0.4 is 4.74 Å². The quantitative estimate of drug-likeness (QED) is 0.827. The summed E-state index contributed by atoms with van der Waals surface area (Å²) < 4.78 is 6.00. The summed E-state index contributed by atoms with van der Waals surface area (Å²) in [6.07, 6.45) is 3.10. The van der Waals surface area contributed by atoms with Crippen LogP contribution in [0.25, 0.3) is 11.1 Å². The number of hydrogen-bond acceptors (Lipinski definition) is 3. The van der Waals surface area contributed by atoms with E-state index in [4.69, 9.17) is 4.74 Å². The number of rotatable bonds is 5. The van der Waals surface area contributed by atoms with Crippen molar-refractivity contribution in [2.75, 3.05) is 20.6 Å². The van der Waals surface area contributed by atoms with Crippen molar-refractivity contribution >= 4 is 17.1 Å². The van der Waals surface area contributed by atoms with Gasteiger partial charge >= 0.3 is 5.97 Å². The molecule has 134 valence electrons. The maximum absolute atomic E-state index is 11.3. The average Bonchev–Trinajstić information content (AvgIpc) is 2.78. The Kier molecular flexibility index (Phi) is 5.24. The van der Waals surface area contributed by atoms with Gasteiger partial charge in [0, 0.05) is 12.1 Å². The standard InChI is InChI=1S/C22H23NO3/c1-15(22(24)25)16-10-11-21-20(13-16)19(9-6-12-23(2)3)18-8-5-4-7-17(18)14-26-21/h4-5,7-11,13H,1,6,12,14H2,2-3H3,(H,24,25)/b19-9-. The van der Waals surface area contributed by atoms with Crippen molar-refractivity contribution in [1.29, 1.82) is 0 Å². The van der Waals surface area contributed by atoms with Crippen molar-refractivity contribution in [3.8, 4) is 5.75 Å². The Morgan fingerprint density at radius 2 is 2.00 bits per heavy atom. The number of carbonyl (C=O) groups is 1. The van der Waals surface area contributed by atoms with Crippen molar-refractivity contribution in [3.63, 3.8) is 0 Å². The van der Waals surface area contributed by atoms with E-state index in [1.54, 1.807) is 6.07 Å². The highest BCUT2D eigenvalue weighted by molar-refractivity contribution is 6.14. The van der Waals surface area contributed by atoms with Crippen LogP contribution in [0.1, 0.15) is 28.7 Å². The van der Waals surface area contributed by atoms with E-state index in [9.17, 15) is 9.90 Å². The van der Waals surface area contributed by atoms with E-state index in [2.05, 4.69) is 29.7 Å². The van der Waals surface area contributed by atoms with Gasteiger partial charge in [0.05, 0.1) is 5.57 Å². The minimum atomic E-state index is -1.02. The molecular formula is C22H23NO3. The third-order valence-electron chi connectivity index (χ3n) is 4.49. The van der Waals surface area contributed by atoms with Crippen molar-refractivity contribution in [2.24, 2.45) is 0 Å². The predicted octanol–water partition coefficient (Wildman–Crippen LogP) is 4.06. The first-order valence-corrected chi connectivity index (χ1v) is 8.60. The fraction of sp³-hybridized carbons (Fsp3) is 0.227. The summed E-state index contributed by atoms with van der Waals surface area (Å²) in [5.74, 6) is -0.253. The minimum absolute atomic E-state index is 0.0815. The number of hydrogen-bond donors (Lipinski definition) is 1. The molecule has 0 saturated heterocycles. The van der Waals surface area contributed by atoms with Crippen LogP contribution in [-0.4, -0.2) is 36.6 Å². The summed E-state index contributed by atoms with van der Waals surface area (Å²) in [5.41, 5.74) is 4.92. The molecule has 1 heterocycles. The zero-order valence-electron chi connectivity index (χ0n) is 15.2. The van der Waals surface area contributed by atoms with E-state index in [1.807, 2.05) is 38.4 Å². The van der Waals surface area contributed by atoms with Gasteiger partial charge in [0.25, 0.3) is 0 Å². The number of aliphatic carboxylic acids is 1. The normalized spacial score (nSPS) is 14.3. The van der Waals surface area contributed by atoms with Crippen molar-refractivity contribution < 1.29 is 14.6 Å². The fourth-order valence-corrected chi connectivity index (χ4v) is 3.07. The third-order valence-corrected chi connectivity index (χ3v) is 4.49. The first kappa shape index (κ1) is 18.0. The topological polar surface area (TPSA) is 49.8 Å². The summed E-state index contributed by atoms with van der Waals surface area (Å²) in [6.45, 7) is 5.11. The highest BCUT2D eigenvalue weighted by atomic mass is 16.5. The molecule has 3 rings (SSSR count). The van der Waals surface area contributed by atoms with Crippen molar-refractivity contribution in [2.45, 2.75) is 13.0 Å². The van der Waals surface area contributed by atoms with E-state index < -0.39 is 5.97 Å². The summed E-state index contributed by atoms with van der Waals surface area (Å²) in [7, 11) is 4.09. The van der Waals surface area contributed by atoms with Crippen LogP contribution in [0, 0.1) is 0 Å². The average molecular weight is 349 g/mol. The molecule has 4 heteroatoms. The second kappa shape index (κ2) is 7.58. The number of carboxylic acids is 1. The Hall–Kier alpha value is -2.85. The van der Waals surface area contributed by atoms with Gasteiger partial charge in [-0.15, -0.1) is 0 Å². The Labute approximate surface area is 154 Å². The molecule has 0 aliphatic carbocycles. The molecular weight excluding hydrogens is 326 g/mol. The molecule has 0 aromatic heterocycles. The lowest BCUT2D eigenvalue weighted by atomic mass is 9.91. The molecule has 0 radical (unpaired) electrons. The molecule has 0 unspecified atom stereocenters. The van der Waals surface area contributed by atoms with E-state index in [0.29, 0.717) is 12.2 Å². The number of ether oxygens (including phenoxy) is 1. The molecule has 2 aromatic carbocycles. The molecule has 0 saturated carbocycles. The molecule has 1 aliphatic heterocycles. The van der Waals surface area contributed by atoms with Crippen LogP contribution in [0.5, 0.6) is 5.75 Å². The third kappa shape index (κ3) is 3.70. The van der Waals surface area contributed by atoms with E-state index in [1.165, 1.54) is 0 Å². The summed E-state index contributed by atoms with van der Waals surface area (Å²) in [4.78, 5) is 13.5. The van der Waals surface area contributed by atoms with Crippen LogP contribution in [0.4, 0.5) is 0 Å². The summed E-state index contributed by atoms with van der Waals surface area (Å²) in [6, 6.07) is 13.6. The Balaban J connectivity index is 2.13. The maximum atomic E-state index is 11.3. The first-order chi connectivity index (χ1) is 12.5. The second-order valence-electron chi connectivity index (χ2n) is 6.65. The van der Waals surface area contributed by atoms with E-state index in [0.717, 1.165) is 41.0 Å². The molecule has 1 N–H and O–H groups in total. The predicted molar refractivity (Wildman–Crippen MR) is 104 cm³/mol. The van der Waals surface area contributed by atoms with Crippen molar-refractivity contribution in [3.05, 3.63) is 77.4 Å². The van der Waals surface area contributed by atoms with Crippen LogP contribution in [-0.2, 0) is 11.4 Å². The molecule has 0 fully saturated rings. The van der Waals surface area contributed by atoms with Gasteiger partial charge in [-0.25, -0.2) is 4.79 Å². The second-order valence-corrected chi connectivity index (χ2v) is 6.65. The largest absolute Gasteiger partial charge is 0.488 e. The Morgan fingerprint density at radius 3 is 2.73 bits per heavy atom. The zero-order valence-corrected chi connectivity index (χ0v) is 15.2. The van der Waals surface area contributed by atoms with Crippen molar-refractivity contribution in [1.82, 2.24) is 4.90 Å². The lowest BCUT2D eigenvalue weighted by Gasteiger charge is -2.13. The molecule has 0 atom stereocenters. The molecule has 26 heavy (non-hydrogen) atoms. The summed E-state index contributed by atoms with van der Waals surface area (Å²) in [5, 5.41) is 9.27. The van der Waals surface area contributed by atoms with Gasteiger partial charge < -0.3 is 14.7 Å². The van der Waals surface area contributed by atoms with Gasteiger partial charge in [-0.2, -0.15) is 0 Å². The highest BCUT2D eigenvalue weighted by Crippen LogP contribution is 2.38. The van der Waals surface area contributed by atoms with Crippen LogP contribution in [0.3, 0.4) is 0 Å². The molecule has 1 aliphatic rings. The number of nitrogens with zero attached hydrogens (tertiary/aromatic N) is 1. The highest BCUT2D eigenvalue weighted by Gasteiger charge is 2.20. The van der Waals surface area contributed by atoms with Crippen LogP contribution in [0.15, 0.2) is 55.1 Å². The first-order valence-electron chi connectivity index (χ1n) is 8.60. The van der Waals surface area contributed by atoms with Gasteiger partial charge in [0.1, 0.15) is 12.4 Å². The Bertz CT molecular complexity index is 881. The van der Waals surface area contributed by atoms with E-state index in [-0.39, 0.29) is 5.57 Å². The molecule has 0 spiro atoms. The summed E-state index contributed by atoms with van der Waals surface area (Å²) >= 11 is 0. The Morgan fingerprint density at radius 1 is 1.23 bits per heavy atom. The van der Waals surface area contributed by atoms with Gasteiger partial charge in [0.2, 0.25) is 0 Å². The lowest BCUT2D eigenvalue weighted by molar-refractivity contribution is -0.130. The van der Waals surface area contributed by atoms with E-state index >= 15 is 0 Å². The van der Waals surface area contributed by atoms with Gasteiger partial charge in [-0.3, -0.25) is 0 Å². The lowest BCUT2D eigenvalue weighted by Crippen LogP contribution is -2.12. The van der Waals surface area contributed by atoms with Gasteiger partial charge in [-0.1, -0.05) is 43.0 Å². The number of carboxylic acid groups (broad SMARTS) is 1.